The zero-order valence-corrected chi connectivity index (χ0v) is 12.2. The molecular weight excluding hydrogens is 295 g/mol. The van der Waals surface area contributed by atoms with Crippen LogP contribution in [0.25, 0.3) is 0 Å². The van der Waals surface area contributed by atoms with E-state index in [-0.39, 0.29) is 6.10 Å². The number of ether oxygens (including phenoxy) is 1. The molecule has 2 nitrogen and oxygen atoms in total. The van der Waals surface area contributed by atoms with Gasteiger partial charge in [-0.15, -0.1) is 0 Å². The summed E-state index contributed by atoms with van der Waals surface area (Å²) in [5.41, 5.74) is 2.97. The Balaban J connectivity index is 1.95. The molecule has 0 aromatic heterocycles. The van der Waals surface area contributed by atoms with Crippen LogP contribution in [0.4, 0.5) is 0 Å². The lowest BCUT2D eigenvalue weighted by atomic mass is 9.91. The monoisotopic (exact) mass is 308 g/mol. The normalized spacial score (nSPS) is 19.4. The fourth-order valence-corrected chi connectivity index (χ4v) is 2.86. The molecule has 1 aliphatic heterocycles. The summed E-state index contributed by atoms with van der Waals surface area (Å²) in [5, 5.41) is 11.5. The van der Waals surface area contributed by atoms with E-state index in [0.29, 0.717) is 22.2 Å². The Morgan fingerprint density at radius 2 is 1.90 bits per heavy atom. The van der Waals surface area contributed by atoms with Crippen molar-refractivity contribution >= 4 is 23.2 Å². The molecule has 4 heteroatoms. The Bertz CT molecular complexity index is 628. The number of benzene rings is 2. The molecule has 2 unspecified atom stereocenters. The summed E-state index contributed by atoms with van der Waals surface area (Å²) in [4.78, 5) is 0. The van der Waals surface area contributed by atoms with E-state index in [4.69, 9.17) is 27.9 Å². The second-order valence-corrected chi connectivity index (χ2v) is 5.67. The summed E-state index contributed by atoms with van der Waals surface area (Å²) in [6.07, 6.45) is -0.246. The van der Waals surface area contributed by atoms with Crippen LogP contribution < -0.4 is 0 Å². The zero-order chi connectivity index (χ0) is 14.1. The summed E-state index contributed by atoms with van der Waals surface area (Å²) in [5.74, 6) is 0. The number of halogens is 2. The van der Waals surface area contributed by atoms with E-state index in [1.54, 1.807) is 18.2 Å². The van der Waals surface area contributed by atoms with E-state index in [1.807, 2.05) is 18.2 Å². The highest BCUT2D eigenvalue weighted by molar-refractivity contribution is 6.42. The van der Waals surface area contributed by atoms with E-state index >= 15 is 0 Å². The molecule has 0 bridgehead atoms. The number of aliphatic hydroxyl groups is 1. The molecule has 0 radical (unpaired) electrons. The van der Waals surface area contributed by atoms with Crippen LogP contribution in [0.3, 0.4) is 0 Å². The largest absolute Gasteiger partial charge is 0.385 e. The van der Waals surface area contributed by atoms with Gasteiger partial charge in [0.2, 0.25) is 0 Å². The van der Waals surface area contributed by atoms with Crippen LogP contribution in [-0.4, -0.2) is 11.7 Å². The minimum atomic E-state index is -0.758. The van der Waals surface area contributed by atoms with Crippen LogP contribution >= 0.6 is 23.2 Å². The number of hydrogen-bond donors (Lipinski definition) is 1. The van der Waals surface area contributed by atoms with Gasteiger partial charge in [-0.1, -0.05) is 53.5 Å². The first-order valence-electron chi connectivity index (χ1n) is 6.49. The predicted octanol–water partition coefficient (Wildman–Crippen LogP) is 4.34. The lowest BCUT2D eigenvalue weighted by molar-refractivity contribution is -0.0482. The standard InChI is InChI=1S/C16H14Cl2O2/c17-13-6-5-11(9-14(13)18)15(19)16-12-4-2-1-3-10(12)7-8-20-16/h1-6,9,15-16,19H,7-8H2. The first kappa shape index (κ1) is 13.9. The van der Waals surface area contributed by atoms with Crippen molar-refractivity contribution in [2.75, 3.05) is 6.61 Å². The van der Waals surface area contributed by atoms with Gasteiger partial charge in [-0.05, 0) is 35.2 Å². The first-order valence-corrected chi connectivity index (χ1v) is 7.25. The van der Waals surface area contributed by atoms with Crippen molar-refractivity contribution in [3.63, 3.8) is 0 Å². The van der Waals surface area contributed by atoms with Crippen molar-refractivity contribution in [1.82, 2.24) is 0 Å². The quantitative estimate of drug-likeness (QED) is 0.894. The summed E-state index contributed by atoms with van der Waals surface area (Å²) in [6.45, 7) is 0.611. The molecule has 2 aromatic rings. The van der Waals surface area contributed by atoms with E-state index in [0.717, 1.165) is 12.0 Å². The highest BCUT2D eigenvalue weighted by Gasteiger charge is 2.28. The van der Waals surface area contributed by atoms with Crippen LogP contribution in [0.2, 0.25) is 10.0 Å². The Morgan fingerprint density at radius 3 is 2.70 bits per heavy atom. The molecule has 1 aliphatic rings. The fourth-order valence-electron chi connectivity index (χ4n) is 2.56. The van der Waals surface area contributed by atoms with Crippen molar-refractivity contribution in [2.45, 2.75) is 18.6 Å². The van der Waals surface area contributed by atoms with Gasteiger partial charge in [0.15, 0.2) is 0 Å². The van der Waals surface area contributed by atoms with E-state index in [2.05, 4.69) is 6.07 Å². The van der Waals surface area contributed by atoms with Crippen molar-refractivity contribution in [3.05, 3.63) is 69.2 Å². The Kier molecular flexibility index (Phi) is 3.99. The third-order valence-corrected chi connectivity index (χ3v) is 4.34. The van der Waals surface area contributed by atoms with E-state index in [1.165, 1.54) is 5.56 Å². The Morgan fingerprint density at radius 1 is 1.10 bits per heavy atom. The third kappa shape index (κ3) is 2.57. The van der Waals surface area contributed by atoms with Gasteiger partial charge in [0.1, 0.15) is 12.2 Å². The topological polar surface area (TPSA) is 29.5 Å². The van der Waals surface area contributed by atoms with Crippen LogP contribution in [0.5, 0.6) is 0 Å². The summed E-state index contributed by atoms with van der Waals surface area (Å²) in [7, 11) is 0. The molecule has 0 saturated carbocycles. The number of hydrogen-bond acceptors (Lipinski definition) is 2. The maximum atomic E-state index is 10.6. The molecule has 0 saturated heterocycles. The minimum absolute atomic E-state index is 0.364. The zero-order valence-electron chi connectivity index (χ0n) is 10.7. The van der Waals surface area contributed by atoms with Crippen molar-refractivity contribution in [2.24, 2.45) is 0 Å². The Hall–Kier alpha value is -1.06. The van der Waals surface area contributed by atoms with Gasteiger partial charge in [-0.3, -0.25) is 0 Å². The maximum absolute atomic E-state index is 10.6. The van der Waals surface area contributed by atoms with Crippen molar-refractivity contribution in [1.29, 1.82) is 0 Å². The summed E-state index contributed by atoms with van der Waals surface area (Å²) >= 11 is 11.9. The third-order valence-electron chi connectivity index (χ3n) is 3.60. The van der Waals surface area contributed by atoms with Gasteiger partial charge in [-0.25, -0.2) is 0 Å². The number of aliphatic hydroxyl groups excluding tert-OH is 1. The van der Waals surface area contributed by atoms with Crippen LogP contribution in [0, 0.1) is 0 Å². The second kappa shape index (κ2) is 5.74. The first-order chi connectivity index (χ1) is 9.66. The highest BCUT2D eigenvalue weighted by Crippen LogP contribution is 2.38. The average molecular weight is 309 g/mol. The number of fused-ring (bicyclic) bond motifs is 1. The molecule has 0 fully saturated rings. The Labute approximate surface area is 127 Å². The van der Waals surface area contributed by atoms with Gasteiger partial charge in [0.25, 0.3) is 0 Å². The summed E-state index contributed by atoms with van der Waals surface area (Å²) < 4.78 is 5.76. The molecule has 0 amide bonds. The smallest absolute Gasteiger partial charge is 0.113 e. The number of rotatable bonds is 2. The minimum Gasteiger partial charge on any atom is -0.385 e. The van der Waals surface area contributed by atoms with Gasteiger partial charge in [0, 0.05) is 0 Å². The van der Waals surface area contributed by atoms with Gasteiger partial charge in [0.05, 0.1) is 16.7 Å². The van der Waals surface area contributed by atoms with Gasteiger partial charge in [-0.2, -0.15) is 0 Å². The van der Waals surface area contributed by atoms with Crippen LogP contribution in [-0.2, 0) is 11.2 Å². The molecule has 1 N–H and O–H groups in total. The van der Waals surface area contributed by atoms with Crippen LogP contribution in [0.15, 0.2) is 42.5 Å². The van der Waals surface area contributed by atoms with Gasteiger partial charge >= 0.3 is 0 Å². The molecular formula is C16H14Cl2O2. The fraction of sp³-hybridized carbons (Fsp3) is 0.250. The molecule has 104 valence electrons. The van der Waals surface area contributed by atoms with Gasteiger partial charge < -0.3 is 9.84 Å². The average Bonchev–Trinajstić information content (AvgIpc) is 2.49. The molecule has 0 spiro atoms. The summed E-state index contributed by atoms with van der Waals surface area (Å²) in [6, 6.07) is 13.2. The van der Waals surface area contributed by atoms with Crippen LogP contribution in [0.1, 0.15) is 28.9 Å². The lowest BCUT2D eigenvalue weighted by Gasteiger charge is -2.30. The SMILES string of the molecule is OC(c1ccc(Cl)c(Cl)c1)C1OCCc2ccccc21. The second-order valence-electron chi connectivity index (χ2n) is 4.86. The maximum Gasteiger partial charge on any atom is 0.113 e. The lowest BCUT2D eigenvalue weighted by Crippen LogP contribution is -2.22. The highest BCUT2D eigenvalue weighted by atomic mass is 35.5. The van der Waals surface area contributed by atoms with Crippen molar-refractivity contribution in [3.8, 4) is 0 Å². The van der Waals surface area contributed by atoms with Crippen molar-refractivity contribution < 1.29 is 9.84 Å². The molecule has 1 heterocycles. The molecule has 2 aromatic carbocycles. The van der Waals surface area contributed by atoms with E-state index < -0.39 is 6.10 Å². The van der Waals surface area contributed by atoms with E-state index in [9.17, 15) is 5.11 Å². The predicted molar refractivity (Wildman–Crippen MR) is 80.3 cm³/mol. The molecule has 20 heavy (non-hydrogen) atoms. The molecule has 3 rings (SSSR count). The molecule has 2 atom stereocenters. The molecule has 0 aliphatic carbocycles.